The molecule has 1 saturated carbocycles. The minimum absolute atomic E-state index is 0.612. The van der Waals surface area contributed by atoms with Gasteiger partial charge in [0.15, 0.2) is 0 Å². The molecule has 0 bridgehead atoms. The summed E-state index contributed by atoms with van der Waals surface area (Å²) in [6, 6.07) is 8.81. The Morgan fingerprint density at radius 2 is 1.79 bits per heavy atom. The van der Waals surface area contributed by atoms with Crippen LogP contribution in [0.2, 0.25) is 0 Å². The average Bonchev–Trinajstić information content (AvgIpc) is 3.24. The maximum absolute atomic E-state index is 5.18. The van der Waals surface area contributed by atoms with Crippen molar-refractivity contribution in [1.82, 2.24) is 9.78 Å². The summed E-state index contributed by atoms with van der Waals surface area (Å²) in [4.78, 5) is 0. The van der Waals surface area contributed by atoms with Crippen LogP contribution in [0.15, 0.2) is 30.5 Å². The zero-order valence-electron chi connectivity index (χ0n) is 12.2. The van der Waals surface area contributed by atoms with E-state index in [0.717, 1.165) is 5.75 Å². The van der Waals surface area contributed by atoms with Crippen molar-refractivity contribution in [2.24, 2.45) is 0 Å². The molecule has 1 fully saturated rings. The SMILES string of the molecule is CC.COc1ccc(-c2c(C)cnn2C2CC2)cc1. The highest BCUT2D eigenvalue weighted by Crippen LogP contribution is 2.39. The molecule has 3 nitrogen and oxygen atoms in total. The summed E-state index contributed by atoms with van der Waals surface area (Å²) in [7, 11) is 1.69. The van der Waals surface area contributed by atoms with E-state index in [0.29, 0.717) is 6.04 Å². The first kappa shape index (κ1) is 13.7. The number of methoxy groups -OCH3 is 1. The third kappa shape index (κ3) is 2.80. The largest absolute Gasteiger partial charge is 0.497 e. The lowest BCUT2D eigenvalue weighted by Crippen LogP contribution is -1.99. The van der Waals surface area contributed by atoms with Gasteiger partial charge >= 0.3 is 0 Å². The van der Waals surface area contributed by atoms with Gasteiger partial charge in [0.05, 0.1) is 25.0 Å². The third-order valence-corrected chi connectivity index (χ3v) is 3.23. The minimum Gasteiger partial charge on any atom is -0.497 e. The number of hydrogen-bond donors (Lipinski definition) is 0. The Balaban J connectivity index is 0.000000637. The smallest absolute Gasteiger partial charge is 0.118 e. The lowest BCUT2D eigenvalue weighted by molar-refractivity contribution is 0.415. The molecule has 3 heteroatoms. The van der Waals surface area contributed by atoms with E-state index >= 15 is 0 Å². The van der Waals surface area contributed by atoms with E-state index < -0.39 is 0 Å². The monoisotopic (exact) mass is 258 g/mol. The Bertz CT molecular complexity index is 524. The van der Waals surface area contributed by atoms with Gasteiger partial charge in [-0.15, -0.1) is 0 Å². The topological polar surface area (TPSA) is 27.1 Å². The number of aromatic nitrogens is 2. The van der Waals surface area contributed by atoms with Crippen LogP contribution in [-0.4, -0.2) is 16.9 Å². The van der Waals surface area contributed by atoms with E-state index in [2.05, 4.69) is 28.8 Å². The summed E-state index contributed by atoms with van der Waals surface area (Å²) in [6.45, 7) is 6.12. The van der Waals surface area contributed by atoms with Crippen molar-refractivity contribution in [2.75, 3.05) is 7.11 Å². The maximum atomic E-state index is 5.18. The van der Waals surface area contributed by atoms with Gasteiger partial charge in [0.1, 0.15) is 5.75 Å². The van der Waals surface area contributed by atoms with Crippen molar-refractivity contribution in [3.63, 3.8) is 0 Å². The van der Waals surface area contributed by atoms with Crippen LogP contribution in [0, 0.1) is 6.92 Å². The zero-order valence-corrected chi connectivity index (χ0v) is 12.2. The second-order valence-corrected chi connectivity index (χ2v) is 4.58. The van der Waals surface area contributed by atoms with Crippen LogP contribution in [0.3, 0.4) is 0 Å². The molecule has 1 heterocycles. The average molecular weight is 258 g/mol. The standard InChI is InChI=1S/C14H16N2O.C2H6/c1-10-9-15-16(12-5-6-12)14(10)11-3-7-13(17-2)8-4-11;1-2/h3-4,7-9,12H,5-6H2,1-2H3;1-2H3. The predicted octanol–water partition coefficient (Wildman–Crippen LogP) is 4.23. The highest BCUT2D eigenvalue weighted by atomic mass is 16.5. The molecule has 0 aliphatic heterocycles. The molecule has 0 unspecified atom stereocenters. The summed E-state index contributed by atoms with van der Waals surface area (Å²) < 4.78 is 7.35. The summed E-state index contributed by atoms with van der Waals surface area (Å²) in [5.41, 5.74) is 3.70. The highest BCUT2D eigenvalue weighted by Gasteiger charge is 2.27. The fourth-order valence-corrected chi connectivity index (χ4v) is 2.15. The van der Waals surface area contributed by atoms with Gasteiger partial charge in [-0.2, -0.15) is 5.10 Å². The molecule has 2 aromatic rings. The fraction of sp³-hybridized carbons (Fsp3) is 0.438. The number of hydrogen-bond acceptors (Lipinski definition) is 2. The number of aryl methyl sites for hydroxylation is 1. The van der Waals surface area contributed by atoms with Crippen molar-refractivity contribution in [1.29, 1.82) is 0 Å². The molecule has 0 N–H and O–H groups in total. The van der Waals surface area contributed by atoms with E-state index in [-0.39, 0.29) is 0 Å². The van der Waals surface area contributed by atoms with Crippen molar-refractivity contribution < 1.29 is 4.74 Å². The van der Waals surface area contributed by atoms with Crippen LogP contribution in [0.5, 0.6) is 5.75 Å². The molecule has 0 atom stereocenters. The molecule has 0 saturated heterocycles. The normalized spacial score (nSPS) is 13.7. The van der Waals surface area contributed by atoms with E-state index in [1.54, 1.807) is 7.11 Å². The van der Waals surface area contributed by atoms with Crippen molar-refractivity contribution in [3.05, 3.63) is 36.0 Å². The summed E-state index contributed by atoms with van der Waals surface area (Å²) in [5, 5.41) is 4.48. The number of benzene rings is 1. The molecule has 1 aromatic heterocycles. The summed E-state index contributed by atoms with van der Waals surface area (Å²) >= 11 is 0. The van der Waals surface area contributed by atoms with Crippen LogP contribution in [-0.2, 0) is 0 Å². The van der Waals surface area contributed by atoms with Crippen molar-refractivity contribution in [3.8, 4) is 17.0 Å². The Morgan fingerprint density at radius 1 is 1.16 bits per heavy atom. The van der Waals surface area contributed by atoms with Crippen LogP contribution >= 0.6 is 0 Å². The Labute approximate surface area is 115 Å². The summed E-state index contributed by atoms with van der Waals surface area (Å²) in [5.74, 6) is 0.892. The molecule has 0 radical (unpaired) electrons. The van der Waals surface area contributed by atoms with E-state index in [1.165, 1.54) is 29.7 Å². The predicted molar refractivity (Wildman–Crippen MR) is 78.6 cm³/mol. The van der Waals surface area contributed by atoms with Gasteiger partial charge in [-0.25, -0.2) is 0 Å². The molecular weight excluding hydrogens is 236 g/mol. The lowest BCUT2D eigenvalue weighted by atomic mass is 10.1. The van der Waals surface area contributed by atoms with Gasteiger partial charge < -0.3 is 4.74 Å². The minimum atomic E-state index is 0.612. The first-order valence-corrected chi connectivity index (χ1v) is 6.98. The van der Waals surface area contributed by atoms with Crippen LogP contribution in [0.25, 0.3) is 11.3 Å². The van der Waals surface area contributed by atoms with Crippen molar-refractivity contribution >= 4 is 0 Å². The van der Waals surface area contributed by atoms with Crippen LogP contribution < -0.4 is 4.74 Å². The van der Waals surface area contributed by atoms with Gasteiger partial charge in [0, 0.05) is 5.56 Å². The molecule has 1 aromatic carbocycles. The Morgan fingerprint density at radius 3 is 2.32 bits per heavy atom. The molecule has 3 rings (SSSR count). The van der Waals surface area contributed by atoms with Crippen molar-refractivity contribution in [2.45, 2.75) is 39.7 Å². The molecule has 19 heavy (non-hydrogen) atoms. The van der Waals surface area contributed by atoms with Gasteiger partial charge in [-0.3, -0.25) is 4.68 Å². The molecule has 102 valence electrons. The number of nitrogens with zero attached hydrogens (tertiary/aromatic N) is 2. The van der Waals surface area contributed by atoms with Gasteiger partial charge in [0.2, 0.25) is 0 Å². The second kappa shape index (κ2) is 5.91. The summed E-state index contributed by atoms with van der Waals surface area (Å²) in [6.07, 6.45) is 4.46. The van der Waals surface area contributed by atoms with Crippen LogP contribution in [0.4, 0.5) is 0 Å². The Kier molecular flexibility index (Phi) is 4.25. The number of ether oxygens (including phenoxy) is 1. The molecule has 0 amide bonds. The van der Waals surface area contributed by atoms with Crippen LogP contribution in [0.1, 0.15) is 38.3 Å². The van der Waals surface area contributed by atoms with E-state index in [1.807, 2.05) is 32.2 Å². The third-order valence-electron chi connectivity index (χ3n) is 3.23. The lowest BCUT2D eigenvalue weighted by Gasteiger charge is -2.08. The van der Waals surface area contributed by atoms with E-state index in [9.17, 15) is 0 Å². The Hall–Kier alpha value is -1.77. The van der Waals surface area contributed by atoms with Gasteiger partial charge in [-0.05, 0) is 49.6 Å². The van der Waals surface area contributed by atoms with E-state index in [4.69, 9.17) is 4.74 Å². The number of rotatable bonds is 3. The van der Waals surface area contributed by atoms with Gasteiger partial charge in [-0.1, -0.05) is 13.8 Å². The first-order chi connectivity index (χ1) is 9.29. The zero-order chi connectivity index (χ0) is 13.8. The first-order valence-electron chi connectivity index (χ1n) is 6.98. The molecular formula is C16H22N2O. The second-order valence-electron chi connectivity index (χ2n) is 4.58. The quantitative estimate of drug-likeness (QED) is 0.823. The fourth-order valence-electron chi connectivity index (χ4n) is 2.15. The van der Waals surface area contributed by atoms with Gasteiger partial charge in [0.25, 0.3) is 0 Å². The highest BCUT2D eigenvalue weighted by molar-refractivity contribution is 5.64. The molecule has 1 aliphatic carbocycles. The molecule has 1 aliphatic rings. The maximum Gasteiger partial charge on any atom is 0.118 e. The molecule has 0 spiro atoms.